The molecule has 480 valence electrons. The predicted molar refractivity (Wildman–Crippen MR) is 417 cm³/mol. The van der Waals surface area contributed by atoms with E-state index in [4.69, 9.17) is 33.2 Å². The Hall–Kier alpha value is -13.2. The molecule has 0 N–H and O–H groups in total. The molecule has 102 heavy (non-hydrogen) atoms. The molecule has 21 aromatic rings. The highest BCUT2D eigenvalue weighted by Gasteiger charge is 2.44. The SMILES string of the molecule is c1ccc([Si](c2ccccc2)(c2ccc3nc4oc5ccccc5n4c3c2)c2ccc3nc4oc5ccccc5n4c3c2)cc1.c1ccc([Si](c2ccccc2)(c2cccc(-c3ccc4nc5n(c4c3)-c3ccccc3C5)c2)c2cccc(-c3ccc4nc5oc6ccccc6n5c4c3)c2)cc1. The largest absolute Gasteiger partial charge is 0.423 e. The van der Waals surface area contributed by atoms with Crippen molar-refractivity contribution in [2.24, 2.45) is 0 Å². The van der Waals surface area contributed by atoms with Gasteiger partial charge in [-0.1, -0.05) is 249 Å². The van der Waals surface area contributed by atoms with E-state index in [1.54, 1.807) is 0 Å². The Morgan fingerprint density at radius 3 is 1.02 bits per heavy atom. The van der Waals surface area contributed by atoms with E-state index in [2.05, 4.69) is 303 Å². The molecule has 14 aromatic carbocycles. The smallest absolute Gasteiger partial charge is 0.307 e. The lowest BCUT2D eigenvalue weighted by molar-refractivity contribution is 0.642. The first kappa shape index (κ1) is 57.8. The lowest BCUT2D eigenvalue weighted by Crippen LogP contribution is -2.74. The summed E-state index contributed by atoms with van der Waals surface area (Å²) in [6, 6.07) is 123. The Bertz CT molecular complexity index is 6660. The van der Waals surface area contributed by atoms with Crippen molar-refractivity contribution < 1.29 is 13.3 Å². The zero-order chi connectivity index (χ0) is 67.0. The number of rotatable bonds is 10. The summed E-state index contributed by atoms with van der Waals surface area (Å²) < 4.78 is 27.2. The number of hydrogen-bond acceptors (Lipinski definition) is 7. The number of hydrogen-bond donors (Lipinski definition) is 0. The standard InChI is InChI=1S/C51H34N4OSi.C38H24N4O2Si/c1-3-16-39(17-4-1)57(40-18-5-2-6-19-40,41-20-11-14-34(29-41)36-25-27-43-47(31-36)54-45-22-8-7-13-38(45)33-50(54)52-43)42-21-12-15-35(30-42)37-26-28-44-48(32-37)55-46-23-9-10-24-49(46)56-51(55)53-44;1-3-11-25(12-4-1)45(26-13-5-2-6-14-26,27-19-21-29-33(23-27)41-31-15-7-9-17-35(31)43-37(41)39-29)28-20-22-30-34(24-28)42-32-16-8-10-18-36(32)44-38(42)40-30/h1-32H,33H2;1-24H. The zero-order valence-electron chi connectivity index (χ0n) is 54.8. The van der Waals surface area contributed by atoms with Crippen LogP contribution in [0.4, 0.5) is 0 Å². The summed E-state index contributed by atoms with van der Waals surface area (Å²) >= 11 is 0. The topological polar surface area (TPSA) is 109 Å². The second kappa shape index (κ2) is 22.7. The van der Waals surface area contributed by atoms with Crippen LogP contribution < -0.4 is 41.5 Å². The highest BCUT2D eigenvalue weighted by atomic mass is 28.3. The third kappa shape index (κ3) is 8.71. The number of oxazole rings is 3. The van der Waals surface area contributed by atoms with E-state index >= 15 is 0 Å². The highest BCUT2D eigenvalue weighted by Crippen LogP contribution is 2.36. The van der Waals surface area contributed by atoms with Gasteiger partial charge in [0.1, 0.15) is 5.82 Å². The van der Waals surface area contributed by atoms with Crippen LogP contribution in [0.5, 0.6) is 0 Å². The summed E-state index contributed by atoms with van der Waals surface area (Å²) in [6.07, 6.45) is 0.859. The van der Waals surface area contributed by atoms with E-state index in [1.165, 1.54) is 63.9 Å². The number of para-hydroxylation sites is 7. The van der Waals surface area contributed by atoms with Crippen molar-refractivity contribution in [2.75, 3.05) is 0 Å². The normalized spacial score (nSPS) is 12.5. The Morgan fingerprint density at radius 1 is 0.245 bits per heavy atom. The van der Waals surface area contributed by atoms with Gasteiger partial charge in [0.2, 0.25) is 0 Å². The molecule has 7 aromatic heterocycles. The molecule has 8 heterocycles. The minimum atomic E-state index is -2.89. The van der Waals surface area contributed by atoms with E-state index in [0.29, 0.717) is 17.5 Å². The van der Waals surface area contributed by atoms with Gasteiger partial charge >= 0.3 is 17.5 Å². The molecule has 0 bridgehead atoms. The number of aromatic nitrogens is 8. The third-order valence-electron chi connectivity index (χ3n) is 21.0. The van der Waals surface area contributed by atoms with Crippen LogP contribution in [0, 0.1) is 0 Å². The van der Waals surface area contributed by atoms with E-state index in [1.807, 2.05) is 54.6 Å². The fraction of sp³-hybridized carbons (Fsp3) is 0.0112. The van der Waals surface area contributed by atoms with Crippen molar-refractivity contribution in [3.05, 3.63) is 351 Å². The first-order valence-corrected chi connectivity index (χ1v) is 38.5. The maximum Gasteiger partial charge on any atom is 0.307 e. The summed E-state index contributed by atoms with van der Waals surface area (Å²) in [7, 11) is -5.79. The van der Waals surface area contributed by atoms with Crippen LogP contribution in [-0.4, -0.2) is 53.9 Å². The van der Waals surface area contributed by atoms with Crippen LogP contribution in [0.25, 0.3) is 123 Å². The molecule has 22 rings (SSSR count). The molecule has 0 amide bonds. The van der Waals surface area contributed by atoms with Crippen molar-refractivity contribution >= 4 is 153 Å². The molecule has 0 unspecified atom stereocenters. The summed E-state index contributed by atoms with van der Waals surface area (Å²) in [5.74, 6) is 2.92. The van der Waals surface area contributed by atoms with Gasteiger partial charge in [0.15, 0.2) is 32.9 Å². The lowest BCUT2D eigenvalue weighted by Gasteiger charge is -2.35. The maximum absolute atomic E-state index is 6.17. The van der Waals surface area contributed by atoms with E-state index < -0.39 is 16.1 Å². The van der Waals surface area contributed by atoms with Gasteiger partial charge in [-0.05, 0) is 160 Å². The van der Waals surface area contributed by atoms with Gasteiger partial charge < -0.3 is 13.3 Å². The number of fused-ring (bicyclic) bond motifs is 20. The van der Waals surface area contributed by atoms with E-state index in [9.17, 15) is 0 Å². The van der Waals surface area contributed by atoms with Gasteiger partial charge in [-0.2, -0.15) is 15.0 Å². The van der Waals surface area contributed by atoms with Gasteiger partial charge in [0.05, 0.1) is 66.4 Å². The molecule has 13 heteroatoms. The number of nitrogens with zero attached hydrogens (tertiary/aromatic N) is 8. The second-order valence-corrected chi connectivity index (χ2v) is 34.1. The van der Waals surface area contributed by atoms with Crippen molar-refractivity contribution in [2.45, 2.75) is 6.42 Å². The molecule has 0 saturated carbocycles. The molecule has 0 aliphatic carbocycles. The van der Waals surface area contributed by atoms with Crippen LogP contribution in [0.3, 0.4) is 0 Å². The quantitative estimate of drug-likeness (QED) is 0.0991. The van der Waals surface area contributed by atoms with Crippen molar-refractivity contribution in [3.63, 3.8) is 0 Å². The monoisotopic (exact) mass is 1340 g/mol. The Kier molecular flexibility index (Phi) is 12.9. The minimum absolute atomic E-state index is 0.602. The van der Waals surface area contributed by atoms with Crippen LogP contribution in [0.2, 0.25) is 0 Å². The Balaban J connectivity index is 0.000000136. The van der Waals surface area contributed by atoms with Crippen LogP contribution >= 0.6 is 0 Å². The first-order valence-electron chi connectivity index (χ1n) is 34.5. The zero-order valence-corrected chi connectivity index (χ0v) is 56.8. The summed E-state index contributed by atoms with van der Waals surface area (Å²) in [6.45, 7) is 0. The molecule has 0 spiro atoms. The summed E-state index contributed by atoms with van der Waals surface area (Å²) in [4.78, 5) is 19.6. The van der Waals surface area contributed by atoms with Gasteiger partial charge in [-0.15, -0.1) is 0 Å². The van der Waals surface area contributed by atoms with Gasteiger partial charge in [0.25, 0.3) is 0 Å². The molecule has 1 aliphatic heterocycles. The van der Waals surface area contributed by atoms with Crippen LogP contribution in [-0.2, 0) is 6.42 Å². The van der Waals surface area contributed by atoms with Crippen molar-refractivity contribution in [3.8, 4) is 27.9 Å². The number of imidazole rings is 4. The maximum atomic E-state index is 6.17. The number of benzene rings is 14. The van der Waals surface area contributed by atoms with Crippen molar-refractivity contribution in [1.82, 2.24) is 37.7 Å². The molecule has 0 atom stereocenters. The van der Waals surface area contributed by atoms with Crippen molar-refractivity contribution in [1.29, 1.82) is 0 Å². The fourth-order valence-corrected chi connectivity index (χ4v) is 26.1. The fourth-order valence-electron chi connectivity index (χ4n) is 16.5. The molecular weight excluding hydrogens is 1290 g/mol. The molecular formula is C89H58N8O3Si2. The Labute approximate surface area is 585 Å². The summed E-state index contributed by atoms with van der Waals surface area (Å²) in [5, 5.41) is 10.4. The molecule has 0 radical (unpaired) electrons. The highest BCUT2D eigenvalue weighted by molar-refractivity contribution is 7.20. The lowest BCUT2D eigenvalue weighted by atomic mass is 10.0. The summed E-state index contributed by atoms with van der Waals surface area (Å²) in [5.41, 5.74) is 20.7. The van der Waals surface area contributed by atoms with Crippen LogP contribution in [0.15, 0.2) is 353 Å². The molecule has 1 aliphatic rings. The average molecular weight is 1340 g/mol. The average Bonchev–Trinajstić information content (AvgIpc) is 1.17. The first-order chi connectivity index (χ1) is 50.5. The minimum Gasteiger partial charge on any atom is -0.423 e. The van der Waals surface area contributed by atoms with Crippen LogP contribution in [0.1, 0.15) is 11.4 Å². The van der Waals surface area contributed by atoms with Gasteiger partial charge in [0, 0.05) is 6.42 Å². The van der Waals surface area contributed by atoms with Gasteiger partial charge in [-0.3, -0.25) is 17.8 Å². The van der Waals surface area contributed by atoms with Gasteiger partial charge in [-0.25, -0.2) is 4.98 Å². The molecule has 0 saturated heterocycles. The Morgan fingerprint density at radius 2 is 0.578 bits per heavy atom. The van der Waals surface area contributed by atoms with E-state index in [0.717, 1.165) is 101 Å². The second-order valence-electron chi connectivity index (χ2n) is 26.5. The third-order valence-corrected chi connectivity index (χ3v) is 30.6. The predicted octanol–water partition coefficient (Wildman–Crippen LogP) is 15.3. The molecule has 0 fully saturated rings. The molecule has 11 nitrogen and oxygen atoms in total. The van der Waals surface area contributed by atoms with E-state index in [-0.39, 0.29) is 0 Å².